The van der Waals surface area contributed by atoms with E-state index < -0.39 is 0 Å². The summed E-state index contributed by atoms with van der Waals surface area (Å²) in [4.78, 5) is 14.7. The molecule has 0 bridgehead atoms. The van der Waals surface area contributed by atoms with Gasteiger partial charge < -0.3 is 9.13 Å². The lowest BCUT2D eigenvalue weighted by Gasteiger charge is -2.11. The number of benzene rings is 8. The van der Waals surface area contributed by atoms with Crippen LogP contribution in [-0.4, -0.2) is 24.1 Å². The van der Waals surface area contributed by atoms with Gasteiger partial charge in [-0.15, -0.1) is 0 Å². The number of aromatic nitrogens is 5. The Bertz CT molecular complexity index is 3390. The molecule has 6 nitrogen and oxygen atoms in total. The molecule has 0 N–H and O–H groups in total. The van der Waals surface area contributed by atoms with E-state index in [2.05, 4.69) is 155 Å². The van der Waals surface area contributed by atoms with Gasteiger partial charge >= 0.3 is 0 Å². The van der Waals surface area contributed by atoms with Crippen LogP contribution in [0.5, 0.6) is 0 Å². The molecule has 270 valence electrons. The first-order valence-electron chi connectivity index (χ1n) is 19.3. The Morgan fingerprint density at radius 2 is 0.776 bits per heavy atom. The van der Waals surface area contributed by atoms with Crippen molar-refractivity contribution in [3.63, 3.8) is 0 Å². The van der Waals surface area contributed by atoms with Gasteiger partial charge in [0.25, 0.3) is 0 Å². The SMILES string of the molecule is N#Cc1ccccc1-c1nc(-c2ccccc2)nc(-c2ccc(-n3c4ccccc4c4cc(-c5ccc6c(c5)c5ccccc5n6-c5ccccc5)ccc43)cc2)n1. The first-order chi connectivity index (χ1) is 28.7. The fourth-order valence-electron chi connectivity index (χ4n) is 8.32. The molecule has 0 saturated carbocycles. The van der Waals surface area contributed by atoms with Crippen molar-refractivity contribution in [1.29, 1.82) is 5.26 Å². The molecule has 11 rings (SSSR count). The van der Waals surface area contributed by atoms with Crippen LogP contribution in [0.2, 0.25) is 0 Å². The Morgan fingerprint density at radius 3 is 1.36 bits per heavy atom. The van der Waals surface area contributed by atoms with Crippen LogP contribution in [0.3, 0.4) is 0 Å². The van der Waals surface area contributed by atoms with Crippen molar-refractivity contribution in [2.24, 2.45) is 0 Å². The third-order valence-corrected chi connectivity index (χ3v) is 11.0. The monoisotopic (exact) mass is 740 g/mol. The third kappa shape index (κ3) is 5.45. The second-order valence-electron chi connectivity index (χ2n) is 14.4. The molecule has 0 amide bonds. The maximum Gasteiger partial charge on any atom is 0.165 e. The van der Waals surface area contributed by atoms with Crippen LogP contribution in [0.1, 0.15) is 5.56 Å². The van der Waals surface area contributed by atoms with Gasteiger partial charge in [-0.25, -0.2) is 15.0 Å². The number of hydrogen-bond donors (Lipinski definition) is 0. The summed E-state index contributed by atoms with van der Waals surface area (Å²) in [5.41, 5.74) is 12.1. The molecule has 0 aliphatic rings. The smallest absolute Gasteiger partial charge is 0.165 e. The summed E-state index contributed by atoms with van der Waals surface area (Å²) in [6.07, 6.45) is 0. The molecular formula is C52H32N6. The van der Waals surface area contributed by atoms with Crippen molar-refractivity contribution in [3.05, 3.63) is 200 Å². The first-order valence-corrected chi connectivity index (χ1v) is 19.3. The Morgan fingerprint density at radius 1 is 0.345 bits per heavy atom. The molecule has 8 aromatic carbocycles. The maximum absolute atomic E-state index is 9.88. The molecule has 58 heavy (non-hydrogen) atoms. The van der Waals surface area contributed by atoms with Crippen LogP contribution in [0, 0.1) is 11.3 Å². The van der Waals surface area contributed by atoms with Gasteiger partial charge in [0.2, 0.25) is 0 Å². The van der Waals surface area contributed by atoms with E-state index in [-0.39, 0.29) is 0 Å². The number of fused-ring (bicyclic) bond motifs is 6. The molecule has 0 aliphatic carbocycles. The highest BCUT2D eigenvalue weighted by atomic mass is 15.0. The van der Waals surface area contributed by atoms with Crippen LogP contribution in [0.4, 0.5) is 0 Å². The van der Waals surface area contributed by atoms with Crippen molar-refractivity contribution < 1.29 is 0 Å². The lowest BCUT2D eigenvalue weighted by atomic mass is 10.0. The fraction of sp³-hybridized carbons (Fsp3) is 0. The van der Waals surface area contributed by atoms with Gasteiger partial charge in [-0.1, -0.05) is 109 Å². The number of nitrogens with zero attached hydrogens (tertiary/aromatic N) is 6. The van der Waals surface area contributed by atoms with E-state index in [9.17, 15) is 5.26 Å². The van der Waals surface area contributed by atoms with E-state index >= 15 is 0 Å². The quantitative estimate of drug-likeness (QED) is 0.170. The van der Waals surface area contributed by atoms with E-state index in [1.165, 1.54) is 43.7 Å². The van der Waals surface area contributed by atoms with Gasteiger partial charge in [0.05, 0.1) is 33.7 Å². The Hall–Kier alpha value is -8.14. The second-order valence-corrected chi connectivity index (χ2v) is 14.4. The number of hydrogen-bond acceptors (Lipinski definition) is 4. The zero-order chi connectivity index (χ0) is 38.6. The maximum atomic E-state index is 9.88. The largest absolute Gasteiger partial charge is 0.309 e. The van der Waals surface area contributed by atoms with E-state index in [0.717, 1.165) is 33.5 Å². The van der Waals surface area contributed by atoms with Crippen molar-refractivity contribution in [2.75, 3.05) is 0 Å². The molecule has 0 aliphatic heterocycles. The fourth-order valence-corrected chi connectivity index (χ4v) is 8.32. The van der Waals surface area contributed by atoms with Gasteiger partial charge in [0.1, 0.15) is 0 Å². The van der Waals surface area contributed by atoms with Gasteiger partial charge in [-0.3, -0.25) is 0 Å². The Labute approximate surface area is 334 Å². The highest BCUT2D eigenvalue weighted by Crippen LogP contribution is 2.38. The minimum absolute atomic E-state index is 0.462. The lowest BCUT2D eigenvalue weighted by Crippen LogP contribution is -2.01. The van der Waals surface area contributed by atoms with E-state index in [0.29, 0.717) is 28.6 Å². The number of nitriles is 1. The van der Waals surface area contributed by atoms with Crippen molar-refractivity contribution in [3.8, 4) is 62.7 Å². The minimum atomic E-state index is 0.462. The summed E-state index contributed by atoms with van der Waals surface area (Å²) in [7, 11) is 0. The van der Waals surface area contributed by atoms with Crippen LogP contribution in [-0.2, 0) is 0 Å². The predicted molar refractivity (Wildman–Crippen MR) is 235 cm³/mol. The Kier molecular flexibility index (Phi) is 7.76. The summed E-state index contributed by atoms with van der Waals surface area (Å²) < 4.78 is 4.68. The summed E-state index contributed by atoms with van der Waals surface area (Å²) in [5, 5.41) is 14.7. The van der Waals surface area contributed by atoms with Gasteiger partial charge in [0.15, 0.2) is 17.5 Å². The van der Waals surface area contributed by atoms with Crippen molar-refractivity contribution in [2.45, 2.75) is 0 Å². The molecule has 0 radical (unpaired) electrons. The molecule has 0 unspecified atom stereocenters. The van der Waals surface area contributed by atoms with E-state index in [4.69, 9.17) is 15.0 Å². The highest BCUT2D eigenvalue weighted by Gasteiger charge is 2.18. The van der Waals surface area contributed by atoms with Crippen molar-refractivity contribution in [1.82, 2.24) is 24.1 Å². The summed E-state index contributed by atoms with van der Waals surface area (Å²) in [6, 6.07) is 69.5. The summed E-state index contributed by atoms with van der Waals surface area (Å²) >= 11 is 0. The first kappa shape index (κ1) is 33.2. The number of rotatable bonds is 6. The number of para-hydroxylation sites is 3. The second kappa shape index (κ2) is 13.6. The Balaban J connectivity index is 1.01. The minimum Gasteiger partial charge on any atom is -0.309 e. The van der Waals surface area contributed by atoms with Gasteiger partial charge in [-0.05, 0) is 96.1 Å². The molecule has 0 spiro atoms. The normalized spacial score (nSPS) is 11.4. The zero-order valence-electron chi connectivity index (χ0n) is 31.2. The summed E-state index contributed by atoms with van der Waals surface area (Å²) in [5.74, 6) is 1.56. The average Bonchev–Trinajstić information content (AvgIpc) is 3.81. The predicted octanol–water partition coefficient (Wildman–Crippen LogP) is 12.6. The molecule has 6 heteroatoms. The van der Waals surface area contributed by atoms with Crippen molar-refractivity contribution >= 4 is 43.6 Å². The molecule has 0 fully saturated rings. The molecule has 3 aromatic heterocycles. The van der Waals surface area contributed by atoms with Crippen LogP contribution < -0.4 is 0 Å². The molecule has 0 saturated heterocycles. The van der Waals surface area contributed by atoms with E-state index in [1.807, 2.05) is 48.5 Å². The topological polar surface area (TPSA) is 72.3 Å². The van der Waals surface area contributed by atoms with Crippen LogP contribution in [0.15, 0.2) is 194 Å². The molecule has 3 heterocycles. The van der Waals surface area contributed by atoms with E-state index in [1.54, 1.807) is 6.07 Å². The molecule has 11 aromatic rings. The highest BCUT2D eigenvalue weighted by molar-refractivity contribution is 6.12. The molecule has 0 atom stereocenters. The summed E-state index contributed by atoms with van der Waals surface area (Å²) in [6.45, 7) is 0. The standard InChI is InChI=1S/C52H32N6/c53-33-38-15-7-8-18-41(38)52-55-50(34-13-3-1-4-14-34)54-51(56-52)35-23-27-40(28-24-35)58-47-22-12-10-20-43(47)45-32-37(26-30-49(45)58)36-25-29-48-44(31-36)42-19-9-11-21-46(42)57(48)39-16-5-2-6-17-39/h1-32H. The van der Waals surface area contributed by atoms with Crippen LogP contribution in [0.25, 0.3) is 100 Å². The van der Waals surface area contributed by atoms with Gasteiger partial charge in [-0.2, -0.15) is 5.26 Å². The lowest BCUT2D eigenvalue weighted by molar-refractivity contribution is 1.07. The third-order valence-electron chi connectivity index (χ3n) is 11.0. The van der Waals surface area contributed by atoms with Gasteiger partial charge in [0, 0.05) is 49.6 Å². The van der Waals surface area contributed by atoms with Crippen LogP contribution >= 0.6 is 0 Å². The average molecular weight is 741 g/mol. The molecular weight excluding hydrogens is 709 g/mol. The zero-order valence-corrected chi connectivity index (χ0v) is 31.2.